The van der Waals surface area contributed by atoms with Crippen LogP contribution in [0.3, 0.4) is 0 Å². The fraction of sp³-hybridized carbons (Fsp3) is 0.312. The van der Waals surface area contributed by atoms with Crippen LogP contribution in [0, 0.1) is 0 Å². The minimum Gasteiger partial charge on any atom is -0.353 e. The molecule has 0 amide bonds. The van der Waals surface area contributed by atoms with Crippen LogP contribution in [0.5, 0.6) is 0 Å². The molecule has 0 bridgehead atoms. The zero-order valence-electron chi connectivity index (χ0n) is 10.7. The van der Waals surface area contributed by atoms with E-state index in [2.05, 4.69) is 47.2 Å². The van der Waals surface area contributed by atoms with E-state index in [1.807, 2.05) is 6.20 Å². The summed E-state index contributed by atoms with van der Waals surface area (Å²) in [5, 5.41) is 2.60. The Balaban J connectivity index is 2.02. The van der Waals surface area contributed by atoms with Crippen molar-refractivity contribution in [2.24, 2.45) is 0 Å². The molecule has 0 saturated heterocycles. The Morgan fingerprint density at radius 1 is 1.06 bits per heavy atom. The second-order valence-corrected chi connectivity index (χ2v) is 4.85. The third-order valence-electron chi connectivity index (χ3n) is 3.48. The van der Waals surface area contributed by atoms with Crippen molar-refractivity contribution in [3.63, 3.8) is 0 Å². The van der Waals surface area contributed by atoms with Gasteiger partial charge < -0.3 is 4.98 Å². The fourth-order valence-electron chi connectivity index (χ4n) is 2.49. The van der Waals surface area contributed by atoms with Crippen LogP contribution in [-0.2, 0) is 6.42 Å². The molecule has 3 rings (SSSR count). The fourth-order valence-corrected chi connectivity index (χ4v) is 2.49. The van der Waals surface area contributed by atoms with Gasteiger partial charge in [0.25, 0.3) is 0 Å². The van der Waals surface area contributed by atoms with Gasteiger partial charge in [-0.2, -0.15) is 0 Å². The number of fused-ring (bicyclic) bond motifs is 3. The van der Waals surface area contributed by atoms with Gasteiger partial charge in [0.2, 0.25) is 0 Å². The molecule has 0 fully saturated rings. The third-order valence-corrected chi connectivity index (χ3v) is 3.48. The molecule has 2 heteroatoms. The van der Waals surface area contributed by atoms with Crippen molar-refractivity contribution >= 4 is 21.8 Å². The normalized spacial score (nSPS) is 11.4. The van der Waals surface area contributed by atoms with E-state index in [1.165, 1.54) is 41.2 Å². The molecule has 2 nitrogen and oxygen atoms in total. The van der Waals surface area contributed by atoms with Crippen molar-refractivity contribution in [1.29, 1.82) is 0 Å². The summed E-state index contributed by atoms with van der Waals surface area (Å²) in [6, 6.07) is 10.7. The van der Waals surface area contributed by atoms with Crippen molar-refractivity contribution in [1.82, 2.24) is 9.97 Å². The second kappa shape index (κ2) is 4.81. The number of para-hydroxylation sites is 1. The molecule has 3 aromatic rings. The van der Waals surface area contributed by atoms with Crippen molar-refractivity contribution in [3.8, 4) is 0 Å². The highest BCUT2D eigenvalue weighted by molar-refractivity contribution is 6.06. The SMILES string of the molecule is CCCCCc1cc2c(cn1)[nH]c1ccccc12. The first-order valence-electron chi connectivity index (χ1n) is 6.74. The smallest absolute Gasteiger partial charge is 0.0651 e. The van der Waals surface area contributed by atoms with Crippen molar-refractivity contribution in [3.05, 3.63) is 42.2 Å². The third kappa shape index (κ3) is 1.99. The highest BCUT2D eigenvalue weighted by Crippen LogP contribution is 2.25. The number of hydrogen-bond acceptors (Lipinski definition) is 1. The Morgan fingerprint density at radius 3 is 2.83 bits per heavy atom. The zero-order valence-corrected chi connectivity index (χ0v) is 10.7. The summed E-state index contributed by atoms with van der Waals surface area (Å²) in [5.74, 6) is 0. The lowest BCUT2D eigenvalue weighted by Crippen LogP contribution is -1.89. The maximum absolute atomic E-state index is 4.54. The summed E-state index contributed by atoms with van der Waals surface area (Å²) in [4.78, 5) is 7.95. The maximum atomic E-state index is 4.54. The molecule has 0 radical (unpaired) electrons. The Kier molecular flexibility index (Phi) is 3.01. The molecule has 92 valence electrons. The van der Waals surface area contributed by atoms with Crippen LogP contribution in [0.4, 0.5) is 0 Å². The number of aromatic amines is 1. The Labute approximate surface area is 107 Å². The summed E-state index contributed by atoms with van der Waals surface area (Å²) in [7, 11) is 0. The van der Waals surface area contributed by atoms with Gasteiger partial charge in [0.15, 0.2) is 0 Å². The average Bonchev–Trinajstić information content (AvgIpc) is 2.77. The first-order valence-corrected chi connectivity index (χ1v) is 6.74. The number of aromatic nitrogens is 2. The monoisotopic (exact) mass is 238 g/mol. The molecule has 1 aromatic carbocycles. The van der Waals surface area contributed by atoms with Crippen LogP contribution in [0.15, 0.2) is 36.5 Å². The van der Waals surface area contributed by atoms with E-state index < -0.39 is 0 Å². The van der Waals surface area contributed by atoms with Gasteiger partial charge in [-0.1, -0.05) is 38.0 Å². The molecule has 18 heavy (non-hydrogen) atoms. The number of rotatable bonds is 4. The van der Waals surface area contributed by atoms with E-state index >= 15 is 0 Å². The lowest BCUT2D eigenvalue weighted by Gasteiger charge is -2.00. The number of pyridine rings is 1. The molecule has 0 aliphatic carbocycles. The molecule has 0 spiro atoms. The summed E-state index contributed by atoms with van der Waals surface area (Å²) in [6.07, 6.45) is 6.83. The number of aryl methyl sites for hydroxylation is 1. The van der Waals surface area contributed by atoms with E-state index in [9.17, 15) is 0 Å². The van der Waals surface area contributed by atoms with E-state index in [0.29, 0.717) is 0 Å². The predicted molar refractivity (Wildman–Crippen MR) is 76.8 cm³/mol. The highest BCUT2D eigenvalue weighted by atomic mass is 14.8. The van der Waals surface area contributed by atoms with Crippen molar-refractivity contribution in [2.45, 2.75) is 32.6 Å². The summed E-state index contributed by atoms with van der Waals surface area (Å²) < 4.78 is 0. The quantitative estimate of drug-likeness (QED) is 0.668. The minimum absolute atomic E-state index is 1.09. The summed E-state index contributed by atoms with van der Waals surface area (Å²) in [5.41, 5.74) is 3.54. The number of nitrogens with one attached hydrogen (secondary N) is 1. The largest absolute Gasteiger partial charge is 0.353 e. The lowest BCUT2D eigenvalue weighted by molar-refractivity contribution is 0.708. The van der Waals surface area contributed by atoms with Crippen LogP contribution in [0.25, 0.3) is 21.8 Å². The lowest BCUT2D eigenvalue weighted by atomic mass is 10.1. The van der Waals surface area contributed by atoms with Gasteiger partial charge in [-0.15, -0.1) is 0 Å². The number of hydrogen-bond donors (Lipinski definition) is 1. The molecule has 0 aliphatic rings. The number of unbranched alkanes of at least 4 members (excludes halogenated alkanes) is 2. The van der Waals surface area contributed by atoms with Gasteiger partial charge in [0, 0.05) is 22.0 Å². The Hall–Kier alpha value is -1.83. The topological polar surface area (TPSA) is 28.7 Å². The van der Waals surface area contributed by atoms with Crippen LogP contribution in [-0.4, -0.2) is 9.97 Å². The molecule has 2 heterocycles. The van der Waals surface area contributed by atoms with Crippen LogP contribution in [0.1, 0.15) is 31.9 Å². The van der Waals surface area contributed by atoms with Crippen LogP contribution < -0.4 is 0 Å². The second-order valence-electron chi connectivity index (χ2n) is 4.85. The summed E-state index contributed by atoms with van der Waals surface area (Å²) >= 11 is 0. The maximum Gasteiger partial charge on any atom is 0.0651 e. The van der Waals surface area contributed by atoms with Gasteiger partial charge >= 0.3 is 0 Å². The average molecular weight is 238 g/mol. The van der Waals surface area contributed by atoms with E-state index in [0.717, 1.165) is 11.9 Å². The molecule has 0 atom stereocenters. The van der Waals surface area contributed by atoms with Gasteiger partial charge in [-0.05, 0) is 25.0 Å². The highest BCUT2D eigenvalue weighted by Gasteiger charge is 2.05. The molecule has 0 saturated carbocycles. The standard InChI is InChI=1S/C16H18N2/c1-2-3-4-7-12-10-14-13-8-5-6-9-15(13)18-16(14)11-17-12/h5-6,8-11,18H,2-4,7H2,1H3. The first-order chi connectivity index (χ1) is 8.88. The van der Waals surface area contributed by atoms with Crippen LogP contribution >= 0.6 is 0 Å². The van der Waals surface area contributed by atoms with E-state index in [1.54, 1.807) is 0 Å². The Morgan fingerprint density at radius 2 is 1.94 bits per heavy atom. The predicted octanol–water partition coefficient (Wildman–Crippen LogP) is 4.45. The summed E-state index contributed by atoms with van der Waals surface area (Å²) in [6.45, 7) is 2.23. The molecule has 0 unspecified atom stereocenters. The van der Waals surface area contributed by atoms with Crippen molar-refractivity contribution in [2.75, 3.05) is 0 Å². The molecular weight excluding hydrogens is 220 g/mol. The number of H-pyrrole nitrogens is 1. The molecule has 1 N–H and O–H groups in total. The van der Waals surface area contributed by atoms with Crippen molar-refractivity contribution < 1.29 is 0 Å². The van der Waals surface area contributed by atoms with Crippen LogP contribution in [0.2, 0.25) is 0 Å². The molecule has 0 aliphatic heterocycles. The van der Waals surface area contributed by atoms with Gasteiger partial charge in [-0.25, -0.2) is 0 Å². The van der Waals surface area contributed by atoms with E-state index in [-0.39, 0.29) is 0 Å². The molecular formula is C16H18N2. The van der Waals surface area contributed by atoms with Gasteiger partial charge in [-0.3, -0.25) is 4.98 Å². The van der Waals surface area contributed by atoms with Gasteiger partial charge in [0.05, 0.1) is 11.7 Å². The first kappa shape index (κ1) is 11.3. The minimum atomic E-state index is 1.09. The number of benzene rings is 1. The zero-order chi connectivity index (χ0) is 12.4. The van der Waals surface area contributed by atoms with Gasteiger partial charge in [0.1, 0.15) is 0 Å². The van der Waals surface area contributed by atoms with E-state index in [4.69, 9.17) is 0 Å². The Bertz CT molecular complexity index is 667. The number of nitrogens with zero attached hydrogens (tertiary/aromatic N) is 1. The molecule has 2 aromatic heterocycles.